The Morgan fingerprint density at radius 1 is 0.914 bits per heavy atom. The molecular weight excluding hydrogens is 484 g/mol. The number of carbonyl (C=O) groups excluding carboxylic acids is 1. The number of rotatable bonds is 3. The lowest BCUT2D eigenvalue weighted by atomic mass is 9.86. The van der Waals surface area contributed by atoms with E-state index in [2.05, 4.69) is 9.97 Å². The van der Waals surface area contributed by atoms with Crippen LogP contribution in [0.4, 0.5) is 0 Å². The second kappa shape index (κ2) is 8.48. The topological polar surface area (TPSA) is 86.4 Å². The molecule has 178 valence electrons. The summed E-state index contributed by atoms with van der Waals surface area (Å²) in [5.41, 5.74) is 6.08. The molecule has 2 aromatic carbocycles. The van der Waals surface area contributed by atoms with E-state index in [1.54, 1.807) is 35.4 Å². The van der Waals surface area contributed by atoms with Gasteiger partial charge in [0, 0.05) is 60.1 Å². The molecule has 0 unspecified atom stereocenters. The number of aromatic nitrogens is 2. The molecule has 1 aliphatic carbocycles. The number of H-pyrrole nitrogens is 1. The highest BCUT2D eigenvalue weighted by molar-refractivity contribution is 7.89. The average Bonchev–Trinajstić information content (AvgIpc) is 3.32. The molecule has 1 amide bonds. The number of amides is 1. The highest BCUT2D eigenvalue weighted by Gasteiger charge is 2.32. The fourth-order valence-electron chi connectivity index (χ4n) is 5.02. The lowest BCUT2D eigenvalue weighted by Gasteiger charge is -2.34. The molecule has 3 heterocycles. The van der Waals surface area contributed by atoms with E-state index < -0.39 is 10.0 Å². The second-order valence-corrected chi connectivity index (χ2v) is 11.3. The number of benzene rings is 2. The fourth-order valence-corrected chi connectivity index (χ4v) is 6.64. The molecular formula is C26H23ClN4O3S. The van der Waals surface area contributed by atoms with E-state index in [4.69, 9.17) is 11.6 Å². The molecule has 1 aliphatic heterocycles. The average molecular weight is 507 g/mol. The van der Waals surface area contributed by atoms with E-state index in [1.165, 1.54) is 15.4 Å². The van der Waals surface area contributed by atoms with Gasteiger partial charge in [0.1, 0.15) is 5.03 Å². The normalized spacial score (nSPS) is 16.2. The van der Waals surface area contributed by atoms with Crippen molar-refractivity contribution in [3.05, 3.63) is 82.6 Å². The van der Waals surface area contributed by atoms with Crippen LogP contribution in [0.15, 0.2) is 66.0 Å². The standard InChI is InChI=1S/C26H23ClN4O3S/c27-21-4-6-24-20(14-21)15-25(29-24)35(33,34)31-11-9-30(10-12-31)26(32)18-3-5-22-17(13-18)1-2-19-16-28-8-7-23(19)22/h3-8,13-16,29H,1-2,9-12H2. The van der Waals surface area contributed by atoms with Crippen LogP contribution in [0.3, 0.4) is 0 Å². The van der Waals surface area contributed by atoms with Crippen molar-refractivity contribution in [2.24, 2.45) is 0 Å². The molecule has 0 saturated carbocycles. The summed E-state index contributed by atoms with van der Waals surface area (Å²) in [5, 5.41) is 1.44. The third-order valence-corrected chi connectivity index (χ3v) is 8.97. The van der Waals surface area contributed by atoms with Crippen LogP contribution in [0.2, 0.25) is 5.02 Å². The van der Waals surface area contributed by atoms with Crippen molar-refractivity contribution < 1.29 is 13.2 Å². The SMILES string of the molecule is O=C(c1ccc2c(c1)CCc1cnccc1-2)N1CCN(S(=O)(=O)c2cc3cc(Cl)ccc3[nH]2)CC1. The Morgan fingerprint density at radius 3 is 2.51 bits per heavy atom. The highest BCUT2D eigenvalue weighted by Crippen LogP contribution is 2.33. The number of nitrogens with zero attached hydrogens (tertiary/aromatic N) is 3. The smallest absolute Gasteiger partial charge is 0.258 e. The zero-order valence-electron chi connectivity index (χ0n) is 18.9. The molecule has 7 nitrogen and oxygen atoms in total. The summed E-state index contributed by atoms with van der Waals surface area (Å²) in [5.74, 6) is -0.0642. The van der Waals surface area contributed by atoms with Gasteiger partial charge in [0.05, 0.1) is 0 Å². The fraction of sp³-hybridized carbons (Fsp3) is 0.231. The molecule has 4 aromatic rings. The van der Waals surface area contributed by atoms with E-state index in [9.17, 15) is 13.2 Å². The van der Waals surface area contributed by atoms with Crippen LogP contribution in [-0.4, -0.2) is 59.7 Å². The van der Waals surface area contributed by atoms with Gasteiger partial charge in [-0.15, -0.1) is 0 Å². The zero-order chi connectivity index (χ0) is 24.2. The van der Waals surface area contributed by atoms with Gasteiger partial charge in [-0.2, -0.15) is 4.31 Å². The largest absolute Gasteiger partial charge is 0.345 e. The predicted molar refractivity (Wildman–Crippen MR) is 135 cm³/mol. The Labute approximate surface area is 208 Å². The number of pyridine rings is 1. The van der Waals surface area contributed by atoms with Crippen molar-refractivity contribution in [1.82, 2.24) is 19.2 Å². The number of halogens is 1. The lowest BCUT2D eigenvalue weighted by molar-refractivity contribution is 0.0697. The van der Waals surface area contributed by atoms with Crippen LogP contribution < -0.4 is 0 Å². The van der Waals surface area contributed by atoms with Crippen LogP contribution in [0.1, 0.15) is 21.5 Å². The Hall–Kier alpha value is -3.20. The first-order valence-electron chi connectivity index (χ1n) is 11.5. The molecule has 6 rings (SSSR count). The number of nitrogens with one attached hydrogen (secondary N) is 1. The maximum Gasteiger partial charge on any atom is 0.258 e. The molecule has 35 heavy (non-hydrogen) atoms. The first kappa shape index (κ1) is 22.3. The molecule has 9 heteroatoms. The minimum absolute atomic E-state index is 0.0642. The molecule has 0 bridgehead atoms. The number of aromatic amines is 1. The quantitative estimate of drug-likeness (QED) is 0.452. The summed E-state index contributed by atoms with van der Waals surface area (Å²) in [6, 6.07) is 14.7. The van der Waals surface area contributed by atoms with E-state index >= 15 is 0 Å². The van der Waals surface area contributed by atoms with E-state index in [-0.39, 0.29) is 24.0 Å². The van der Waals surface area contributed by atoms with Crippen LogP contribution >= 0.6 is 11.6 Å². The molecule has 1 N–H and O–H groups in total. The zero-order valence-corrected chi connectivity index (χ0v) is 20.4. The maximum absolute atomic E-state index is 13.2. The predicted octanol–water partition coefficient (Wildman–Crippen LogP) is 4.13. The molecule has 1 saturated heterocycles. The first-order valence-corrected chi connectivity index (χ1v) is 13.4. The third-order valence-electron chi connectivity index (χ3n) is 6.91. The number of aryl methyl sites for hydroxylation is 2. The van der Waals surface area contributed by atoms with Crippen LogP contribution in [0, 0.1) is 0 Å². The highest BCUT2D eigenvalue weighted by atomic mass is 35.5. The van der Waals surface area contributed by atoms with Gasteiger partial charge >= 0.3 is 0 Å². The van der Waals surface area contributed by atoms with Gasteiger partial charge in [-0.05, 0) is 77.6 Å². The van der Waals surface area contributed by atoms with Crippen molar-refractivity contribution in [2.45, 2.75) is 17.9 Å². The monoisotopic (exact) mass is 506 g/mol. The summed E-state index contributed by atoms with van der Waals surface area (Å²) in [7, 11) is -3.70. The van der Waals surface area contributed by atoms with Crippen molar-refractivity contribution in [2.75, 3.05) is 26.2 Å². The summed E-state index contributed by atoms with van der Waals surface area (Å²) in [6.07, 6.45) is 5.49. The summed E-state index contributed by atoms with van der Waals surface area (Å²) in [6.45, 7) is 1.18. The summed E-state index contributed by atoms with van der Waals surface area (Å²) < 4.78 is 27.8. The lowest BCUT2D eigenvalue weighted by Crippen LogP contribution is -2.50. The molecule has 0 radical (unpaired) electrons. The van der Waals surface area contributed by atoms with Gasteiger partial charge in [-0.3, -0.25) is 9.78 Å². The summed E-state index contributed by atoms with van der Waals surface area (Å²) >= 11 is 6.03. The number of sulfonamides is 1. The van der Waals surface area contributed by atoms with Gasteiger partial charge in [-0.1, -0.05) is 17.7 Å². The first-order chi connectivity index (χ1) is 16.9. The second-order valence-electron chi connectivity index (χ2n) is 8.97. The number of fused-ring (bicyclic) bond motifs is 4. The summed E-state index contributed by atoms with van der Waals surface area (Å²) in [4.78, 5) is 22.2. The Kier molecular flexibility index (Phi) is 5.40. The van der Waals surface area contributed by atoms with Crippen molar-refractivity contribution in [3.63, 3.8) is 0 Å². The van der Waals surface area contributed by atoms with Crippen molar-refractivity contribution >= 4 is 38.4 Å². The van der Waals surface area contributed by atoms with Crippen molar-refractivity contribution in [1.29, 1.82) is 0 Å². The van der Waals surface area contributed by atoms with E-state index in [0.29, 0.717) is 29.2 Å². The number of piperazine rings is 1. The van der Waals surface area contributed by atoms with E-state index in [0.717, 1.165) is 29.4 Å². The third kappa shape index (κ3) is 3.91. The van der Waals surface area contributed by atoms with E-state index in [1.807, 2.05) is 30.5 Å². The number of carbonyl (C=O) groups is 1. The van der Waals surface area contributed by atoms with Gasteiger partial charge < -0.3 is 9.88 Å². The minimum atomic E-state index is -3.70. The Bertz CT molecular complexity index is 1570. The van der Waals surface area contributed by atoms with Gasteiger partial charge in [-0.25, -0.2) is 8.42 Å². The molecule has 2 aromatic heterocycles. The molecule has 1 fully saturated rings. The van der Waals surface area contributed by atoms with Gasteiger partial charge in [0.15, 0.2) is 0 Å². The Morgan fingerprint density at radius 2 is 1.69 bits per heavy atom. The molecule has 0 atom stereocenters. The van der Waals surface area contributed by atoms with Crippen LogP contribution in [0.5, 0.6) is 0 Å². The molecule has 0 spiro atoms. The number of hydrogen-bond acceptors (Lipinski definition) is 4. The van der Waals surface area contributed by atoms with Gasteiger partial charge in [0.25, 0.3) is 15.9 Å². The van der Waals surface area contributed by atoms with Crippen LogP contribution in [0.25, 0.3) is 22.0 Å². The van der Waals surface area contributed by atoms with Gasteiger partial charge in [0.2, 0.25) is 0 Å². The maximum atomic E-state index is 13.2. The van der Waals surface area contributed by atoms with Crippen molar-refractivity contribution in [3.8, 4) is 11.1 Å². The van der Waals surface area contributed by atoms with Crippen LogP contribution in [-0.2, 0) is 22.9 Å². The molecule has 2 aliphatic rings. The minimum Gasteiger partial charge on any atom is -0.345 e. The number of hydrogen-bond donors (Lipinski definition) is 1. The Balaban J connectivity index is 1.17.